The molecule has 19 heteroatoms. The van der Waals surface area contributed by atoms with Crippen LogP contribution >= 0.6 is 0 Å². The van der Waals surface area contributed by atoms with Gasteiger partial charge in [0.05, 0.1) is 38.6 Å². The van der Waals surface area contributed by atoms with E-state index in [0.29, 0.717) is 12.8 Å². The highest BCUT2D eigenvalue weighted by Gasteiger charge is 2.53. The normalized spacial score (nSPS) is 28.1. The van der Waals surface area contributed by atoms with Crippen LogP contribution in [0.1, 0.15) is 194 Å². The second-order valence-electron chi connectivity index (χ2n) is 24.6. The largest absolute Gasteiger partial charge is 0.394 e. The summed E-state index contributed by atoms with van der Waals surface area (Å²) < 4.78 is 34.2. The van der Waals surface area contributed by atoms with E-state index in [9.17, 15) is 61.0 Å². The Bertz CT molecular complexity index is 2290. The van der Waals surface area contributed by atoms with E-state index in [1.807, 2.05) is 6.08 Å². The van der Waals surface area contributed by atoms with Crippen LogP contribution in [0.3, 0.4) is 0 Å². The summed E-state index contributed by atoms with van der Waals surface area (Å²) in [4.78, 5) is 13.4. The average Bonchev–Trinajstić information content (AvgIpc) is 0.787. The Morgan fingerprint density at radius 1 is 0.389 bits per heavy atom. The van der Waals surface area contributed by atoms with Crippen LogP contribution in [0.15, 0.2) is 146 Å². The number of unbranched alkanes of at least 4 members (excludes halogenated alkanes) is 14. The van der Waals surface area contributed by atoms with Crippen molar-refractivity contribution < 1.29 is 89.4 Å². The first-order valence-electron chi connectivity index (χ1n) is 35.6. The van der Waals surface area contributed by atoms with E-state index in [-0.39, 0.29) is 18.9 Å². The maximum absolute atomic E-state index is 13.4. The van der Waals surface area contributed by atoms with Gasteiger partial charge < -0.3 is 89.9 Å². The van der Waals surface area contributed by atoms with Gasteiger partial charge in [-0.2, -0.15) is 0 Å². The Morgan fingerprint density at radius 3 is 1.17 bits per heavy atom. The van der Waals surface area contributed by atoms with Crippen molar-refractivity contribution in [3.8, 4) is 0 Å². The van der Waals surface area contributed by atoms with E-state index < -0.39 is 124 Å². The summed E-state index contributed by atoms with van der Waals surface area (Å²) in [5, 5.41) is 120. The fraction of sp³-hybridized carbons (Fsp3) is 0.671. The van der Waals surface area contributed by atoms with E-state index in [2.05, 4.69) is 153 Å². The van der Waals surface area contributed by atoms with E-state index in [0.717, 1.165) is 122 Å². The van der Waals surface area contributed by atoms with E-state index in [1.54, 1.807) is 6.08 Å². The molecular formula is C76H123NO18. The molecule has 3 rings (SSSR count). The molecule has 1 amide bonds. The average molecular weight is 1340 g/mol. The molecule has 0 aliphatic carbocycles. The summed E-state index contributed by atoms with van der Waals surface area (Å²) in [6, 6.07) is -1.01. The number of nitrogens with one attached hydrogen (secondary N) is 1. The second kappa shape index (κ2) is 55.5. The fourth-order valence-electron chi connectivity index (χ4n) is 10.9. The Hall–Kier alpha value is -4.33. The van der Waals surface area contributed by atoms with E-state index in [1.165, 1.54) is 38.5 Å². The molecule has 0 spiro atoms. The number of rotatable bonds is 52. The van der Waals surface area contributed by atoms with E-state index >= 15 is 0 Å². The zero-order chi connectivity index (χ0) is 68.9. The number of amides is 1. The molecule has 3 aliphatic rings. The van der Waals surface area contributed by atoms with Crippen molar-refractivity contribution in [1.82, 2.24) is 5.32 Å². The molecule has 17 unspecified atom stereocenters. The van der Waals surface area contributed by atoms with Crippen molar-refractivity contribution in [2.24, 2.45) is 0 Å². The molecule has 540 valence electrons. The highest BCUT2D eigenvalue weighted by Crippen LogP contribution is 2.33. The van der Waals surface area contributed by atoms with Gasteiger partial charge >= 0.3 is 0 Å². The van der Waals surface area contributed by atoms with Crippen molar-refractivity contribution >= 4 is 5.91 Å². The Balaban J connectivity index is 1.33. The van der Waals surface area contributed by atoms with Gasteiger partial charge in [0.2, 0.25) is 5.91 Å². The molecule has 95 heavy (non-hydrogen) atoms. The standard InChI is InChI=1S/C76H123NO18/c1-3-5-7-9-11-13-15-16-17-18-19-20-21-22-23-24-25-26-27-28-29-30-31-32-33-34-35-36-37-38-39-40-41-42-44-46-48-50-52-54-64(82)77-59(60(81)53-51-49-47-45-43-14-12-10-8-6-4-2)58-90-74-70(88)67(85)72(62(56-79)92-74)95-76-71(89)68(86)73(63(57-80)93-76)94-75-69(87)66(84)65(83)61(55-78)91-75/h5,7-8,10-11,13,16-17,19-20,22-23,25-26,28-29,31-32,34-35,43,45,51,53,59-63,65-76,78-81,83-89H,3-4,6,9,12,14-15,18,21,24,27,30,33,36-42,44,46-50,52,54-58H2,1-2H3,(H,77,82)/b7-5-,10-8+,13-11-,17-16-,20-19-,23-22-,26-25-,29-28-,32-31-,35-34-,45-43+,53-51+. The molecule has 0 aromatic carbocycles. The van der Waals surface area contributed by atoms with Crippen molar-refractivity contribution in [3.63, 3.8) is 0 Å². The Kier molecular flexibility index (Phi) is 49.6. The van der Waals surface area contributed by atoms with Gasteiger partial charge in [-0.25, -0.2) is 0 Å². The van der Waals surface area contributed by atoms with Crippen LogP contribution < -0.4 is 5.32 Å². The summed E-state index contributed by atoms with van der Waals surface area (Å²) in [6.07, 6.45) is 52.9. The first kappa shape index (κ1) is 84.9. The Labute approximate surface area is 568 Å². The van der Waals surface area contributed by atoms with Gasteiger partial charge in [-0.3, -0.25) is 4.79 Å². The molecule has 3 fully saturated rings. The lowest BCUT2D eigenvalue weighted by molar-refractivity contribution is -0.379. The highest BCUT2D eigenvalue weighted by atomic mass is 16.8. The number of hydrogen-bond donors (Lipinski definition) is 12. The van der Waals surface area contributed by atoms with Crippen LogP contribution in [-0.2, 0) is 33.2 Å². The molecule has 0 saturated carbocycles. The van der Waals surface area contributed by atoms with Crippen molar-refractivity contribution in [1.29, 1.82) is 0 Å². The van der Waals surface area contributed by atoms with Crippen LogP contribution in [0.4, 0.5) is 0 Å². The van der Waals surface area contributed by atoms with Gasteiger partial charge in [0.1, 0.15) is 73.2 Å². The molecule has 3 saturated heterocycles. The van der Waals surface area contributed by atoms with Gasteiger partial charge in [-0.15, -0.1) is 0 Å². The van der Waals surface area contributed by atoms with Crippen molar-refractivity contribution in [2.75, 3.05) is 26.4 Å². The van der Waals surface area contributed by atoms with Gasteiger partial charge in [0.15, 0.2) is 18.9 Å². The molecule has 0 radical (unpaired) electrons. The smallest absolute Gasteiger partial charge is 0.220 e. The number of carbonyl (C=O) groups is 1. The summed E-state index contributed by atoms with van der Waals surface area (Å²) in [6.45, 7) is 1.47. The summed E-state index contributed by atoms with van der Waals surface area (Å²) in [5.74, 6) is -0.302. The molecule has 12 N–H and O–H groups in total. The lowest BCUT2D eigenvalue weighted by Crippen LogP contribution is -2.66. The lowest BCUT2D eigenvalue weighted by Gasteiger charge is -2.48. The maximum atomic E-state index is 13.4. The number of carbonyl (C=O) groups excluding carboxylic acids is 1. The van der Waals surface area contributed by atoms with Crippen LogP contribution in [0.25, 0.3) is 0 Å². The molecule has 19 nitrogen and oxygen atoms in total. The quantitative estimate of drug-likeness (QED) is 0.0199. The molecule has 17 atom stereocenters. The molecule has 3 heterocycles. The van der Waals surface area contributed by atoms with E-state index in [4.69, 9.17) is 28.4 Å². The lowest BCUT2D eigenvalue weighted by atomic mass is 9.96. The maximum Gasteiger partial charge on any atom is 0.220 e. The van der Waals surface area contributed by atoms with Gasteiger partial charge in [0.25, 0.3) is 0 Å². The topological polar surface area (TPSA) is 307 Å². The summed E-state index contributed by atoms with van der Waals surface area (Å²) in [7, 11) is 0. The SMILES string of the molecule is CC/C=C\C/C=C\C/C=C\C/C=C\C/C=C\C/C=C\C/C=C\C/C=C\C/C=C\CCCCCCCCCCCCCC(=O)NC(COC1OC(CO)C(OC2OC(CO)C(OC3OC(CO)C(O)C(O)C3O)C(O)C2O)C(O)C1O)C(O)/C=C/CC/C=C/CC/C=C/CCC. The van der Waals surface area contributed by atoms with Gasteiger partial charge in [-0.05, 0) is 109 Å². The molecule has 0 aromatic heterocycles. The number of allylic oxidation sites excluding steroid dienone is 23. The first-order chi connectivity index (χ1) is 46.3. The zero-order valence-electron chi connectivity index (χ0n) is 57.1. The summed E-state index contributed by atoms with van der Waals surface area (Å²) in [5.41, 5.74) is 0. The monoisotopic (exact) mass is 1340 g/mol. The van der Waals surface area contributed by atoms with Crippen molar-refractivity contribution in [3.05, 3.63) is 146 Å². The highest BCUT2D eigenvalue weighted by molar-refractivity contribution is 5.76. The molecule has 3 aliphatic heterocycles. The Morgan fingerprint density at radius 2 is 0.737 bits per heavy atom. The predicted octanol–water partition coefficient (Wildman–Crippen LogP) is 9.93. The third kappa shape index (κ3) is 36.9. The second-order valence-corrected chi connectivity index (χ2v) is 24.6. The molecule has 0 bridgehead atoms. The third-order valence-electron chi connectivity index (χ3n) is 16.6. The molecular weight excluding hydrogens is 1210 g/mol. The van der Waals surface area contributed by atoms with Crippen LogP contribution in [0.5, 0.6) is 0 Å². The first-order valence-corrected chi connectivity index (χ1v) is 35.6. The number of aliphatic hydroxyl groups excluding tert-OH is 11. The minimum atomic E-state index is -1.99. The molecule has 0 aromatic rings. The number of ether oxygens (including phenoxy) is 6. The van der Waals surface area contributed by atoms with Crippen LogP contribution in [0, 0.1) is 0 Å². The zero-order valence-corrected chi connectivity index (χ0v) is 57.1. The van der Waals surface area contributed by atoms with Crippen LogP contribution in [-0.4, -0.2) is 193 Å². The number of hydrogen-bond acceptors (Lipinski definition) is 18. The van der Waals surface area contributed by atoms with Gasteiger partial charge in [-0.1, -0.05) is 224 Å². The van der Waals surface area contributed by atoms with Crippen LogP contribution in [0.2, 0.25) is 0 Å². The minimum absolute atomic E-state index is 0.218. The minimum Gasteiger partial charge on any atom is -0.394 e. The fourth-order valence-corrected chi connectivity index (χ4v) is 10.9. The van der Waals surface area contributed by atoms with Gasteiger partial charge in [0, 0.05) is 6.42 Å². The van der Waals surface area contributed by atoms with Crippen molar-refractivity contribution in [2.45, 2.75) is 298 Å². The summed E-state index contributed by atoms with van der Waals surface area (Å²) >= 11 is 0. The predicted molar refractivity (Wildman–Crippen MR) is 373 cm³/mol. The third-order valence-corrected chi connectivity index (χ3v) is 16.6. The number of aliphatic hydroxyl groups is 11.